The van der Waals surface area contributed by atoms with Gasteiger partial charge in [0.2, 0.25) is 0 Å². The fraction of sp³-hybridized carbons (Fsp3) is 0.0667. The highest BCUT2D eigenvalue weighted by molar-refractivity contribution is 9.10. The van der Waals surface area contributed by atoms with E-state index in [1.807, 2.05) is 36.4 Å². The van der Waals surface area contributed by atoms with Crippen LogP contribution >= 0.6 is 27.3 Å². The summed E-state index contributed by atoms with van der Waals surface area (Å²) < 4.78 is 6.42. The Balaban J connectivity index is 1.70. The van der Waals surface area contributed by atoms with Crippen molar-refractivity contribution in [2.45, 2.75) is 0 Å². The zero-order chi connectivity index (χ0) is 14.7. The van der Waals surface area contributed by atoms with Crippen LogP contribution in [-0.2, 0) is 4.79 Å². The second kappa shape index (κ2) is 6.24. The van der Waals surface area contributed by atoms with Gasteiger partial charge in [-0.25, -0.2) is 4.98 Å². The number of carbonyl (C=O) groups excluding carboxylic acids is 1. The highest BCUT2D eigenvalue weighted by atomic mass is 79.9. The van der Waals surface area contributed by atoms with Crippen LogP contribution in [0.5, 0.6) is 5.75 Å². The Morgan fingerprint density at radius 3 is 2.95 bits per heavy atom. The lowest BCUT2D eigenvalue weighted by Crippen LogP contribution is -2.20. The van der Waals surface area contributed by atoms with Crippen LogP contribution < -0.4 is 10.1 Å². The third kappa shape index (κ3) is 3.22. The topological polar surface area (TPSA) is 51.2 Å². The van der Waals surface area contributed by atoms with Gasteiger partial charge in [-0.2, -0.15) is 0 Å². The molecule has 1 amide bonds. The molecule has 0 aliphatic carbocycles. The minimum Gasteiger partial charge on any atom is -0.483 e. The van der Waals surface area contributed by atoms with Gasteiger partial charge in [0.1, 0.15) is 5.75 Å². The van der Waals surface area contributed by atoms with Gasteiger partial charge in [0, 0.05) is 11.6 Å². The van der Waals surface area contributed by atoms with E-state index in [9.17, 15) is 4.79 Å². The van der Waals surface area contributed by atoms with Crippen molar-refractivity contribution in [3.63, 3.8) is 0 Å². The lowest BCUT2D eigenvalue weighted by Gasteiger charge is -2.10. The Hall–Kier alpha value is -1.92. The molecule has 0 unspecified atom stereocenters. The number of halogens is 1. The largest absolute Gasteiger partial charge is 0.483 e. The molecule has 0 atom stereocenters. The molecule has 4 nitrogen and oxygen atoms in total. The third-order valence-electron chi connectivity index (χ3n) is 2.87. The van der Waals surface area contributed by atoms with Crippen molar-refractivity contribution in [2.75, 3.05) is 11.9 Å². The van der Waals surface area contributed by atoms with Gasteiger partial charge in [-0.15, -0.1) is 11.3 Å². The Kier molecular flexibility index (Phi) is 4.17. The van der Waals surface area contributed by atoms with Gasteiger partial charge >= 0.3 is 0 Å². The summed E-state index contributed by atoms with van der Waals surface area (Å²) in [4.78, 5) is 15.8. The predicted octanol–water partition coefficient (Wildman–Crippen LogP) is 4.08. The number of fused-ring (bicyclic) bond motifs is 1. The third-order valence-corrected chi connectivity index (χ3v) is 4.37. The second-order valence-corrected chi connectivity index (χ2v) is 5.96. The zero-order valence-electron chi connectivity index (χ0n) is 10.9. The number of nitrogens with zero attached hydrogens (tertiary/aromatic N) is 1. The summed E-state index contributed by atoms with van der Waals surface area (Å²) in [6.45, 7) is -0.0590. The first kappa shape index (κ1) is 14.0. The molecular formula is C15H11BrN2O2S. The summed E-state index contributed by atoms with van der Waals surface area (Å²) in [6, 6.07) is 11.8. The first-order valence-corrected chi connectivity index (χ1v) is 7.91. The zero-order valence-corrected chi connectivity index (χ0v) is 13.3. The number of amides is 1. The highest BCUT2D eigenvalue weighted by Crippen LogP contribution is 2.32. The van der Waals surface area contributed by atoms with E-state index in [2.05, 4.69) is 26.2 Å². The van der Waals surface area contributed by atoms with Crippen LogP contribution in [0.4, 0.5) is 5.13 Å². The van der Waals surface area contributed by atoms with Crippen LogP contribution in [0.2, 0.25) is 0 Å². The number of rotatable bonds is 4. The van der Waals surface area contributed by atoms with E-state index in [0.29, 0.717) is 10.9 Å². The molecule has 2 aromatic carbocycles. The maximum Gasteiger partial charge on any atom is 0.264 e. The second-order valence-electron chi connectivity index (χ2n) is 4.27. The molecule has 0 bridgehead atoms. The number of nitrogens with one attached hydrogen (secondary N) is 1. The summed E-state index contributed by atoms with van der Waals surface area (Å²) in [5.41, 5.74) is 0. The molecule has 0 aliphatic rings. The van der Waals surface area contributed by atoms with Crippen molar-refractivity contribution in [1.29, 1.82) is 0 Å². The lowest BCUT2D eigenvalue weighted by molar-refractivity contribution is -0.118. The summed E-state index contributed by atoms with van der Waals surface area (Å²) in [5.74, 6) is 0.410. The molecule has 3 rings (SSSR count). The average molecular weight is 363 g/mol. The molecule has 6 heteroatoms. The Labute approximate surface area is 133 Å². The van der Waals surface area contributed by atoms with E-state index < -0.39 is 0 Å². The van der Waals surface area contributed by atoms with Gasteiger partial charge in [-0.05, 0) is 32.8 Å². The first-order valence-electron chi connectivity index (χ1n) is 6.23. The molecule has 0 saturated heterocycles. The van der Waals surface area contributed by atoms with Crippen molar-refractivity contribution in [3.8, 4) is 5.75 Å². The molecule has 0 fully saturated rings. The van der Waals surface area contributed by atoms with E-state index in [4.69, 9.17) is 4.74 Å². The highest BCUT2D eigenvalue weighted by Gasteiger charge is 2.09. The van der Waals surface area contributed by atoms with Gasteiger partial charge in [0.25, 0.3) is 5.91 Å². The fourth-order valence-corrected chi connectivity index (χ4v) is 3.06. The number of benzene rings is 2. The van der Waals surface area contributed by atoms with Gasteiger partial charge < -0.3 is 4.74 Å². The summed E-state index contributed by atoms with van der Waals surface area (Å²) in [5, 5.41) is 7.22. The monoisotopic (exact) mass is 362 g/mol. The quantitative estimate of drug-likeness (QED) is 0.760. The summed E-state index contributed by atoms with van der Waals surface area (Å²) >= 11 is 4.90. The molecule has 0 spiro atoms. The molecule has 0 radical (unpaired) electrons. The fourth-order valence-electron chi connectivity index (χ4n) is 1.91. The van der Waals surface area contributed by atoms with Crippen LogP contribution in [0, 0.1) is 0 Å². The summed E-state index contributed by atoms with van der Waals surface area (Å²) in [7, 11) is 0. The van der Waals surface area contributed by atoms with Gasteiger partial charge in [0.15, 0.2) is 11.7 Å². The average Bonchev–Trinajstić information content (AvgIpc) is 3.00. The summed E-state index contributed by atoms with van der Waals surface area (Å²) in [6.07, 6.45) is 1.64. The Morgan fingerprint density at radius 2 is 2.14 bits per heavy atom. The molecule has 0 aliphatic heterocycles. The molecule has 1 aromatic heterocycles. The van der Waals surface area contributed by atoms with Gasteiger partial charge in [-0.1, -0.05) is 30.3 Å². The van der Waals surface area contributed by atoms with E-state index in [1.54, 1.807) is 11.6 Å². The molecule has 106 valence electrons. The number of thiazole rings is 1. The molecule has 0 saturated carbocycles. The van der Waals surface area contributed by atoms with Gasteiger partial charge in [0.05, 0.1) is 4.47 Å². The molecule has 3 aromatic rings. The molecule has 1 heterocycles. The van der Waals surface area contributed by atoms with E-state index in [1.165, 1.54) is 11.3 Å². The Bertz CT molecular complexity index is 774. The lowest BCUT2D eigenvalue weighted by atomic mass is 10.1. The minimum atomic E-state index is -0.231. The Morgan fingerprint density at radius 1 is 1.29 bits per heavy atom. The van der Waals surface area contributed by atoms with Crippen molar-refractivity contribution in [1.82, 2.24) is 4.98 Å². The van der Waals surface area contributed by atoms with Crippen LogP contribution in [0.3, 0.4) is 0 Å². The maximum atomic E-state index is 11.8. The number of carbonyl (C=O) groups is 1. The van der Waals surface area contributed by atoms with Crippen LogP contribution in [0.1, 0.15) is 0 Å². The van der Waals surface area contributed by atoms with Crippen LogP contribution in [0.25, 0.3) is 10.8 Å². The van der Waals surface area contributed by atoms with E-state index in [0.717, 1.165) is 15.2 Å². The number of anilines is 1. The number of hydrogen-bond donors (Lipinski definition) is 1. The van der Waals surface area contributed by atoms with Crippen molar-refractivity contribution < 1.29 is 9.53 Å². The molecule has 21 heavy (non-hydrogen) atoms. The van der Waals surface area contributed by atoms with E-state index in [-0.39, 0.29) is 12.5 Å². The predicted molar refractivity (Wildman–Crippen MR) is 87.9 cm³/mol. The van der Waals surface area contributed by atoms with E-state index >= 15 is 0 Å². The van der Waals surface area contributed by atoms with Crippen LogP contribution in [0.15, 0.2) is 52.4 Å². The standard InChI is InChI=1S/C15H11BrN2O2S/c16-14-11-4-2-1-3-10(11)5-6-12(14)20-9-13(19)18-15-17-7-8-21-15/h1-8H,9H2,(H,17,18,19). The maximum absolute atomic E-state index is 11.8. The first-order chi connectivity index (χ1) is 10.2. The number of hydrogen-bond acceptors (Lipinski definition) is 4. The van der Waals surface area contributed by atoms with Crippen molar-refractivity contribution in [2.24, 2.45) is 0 Å². The van der Waals surface area contributed by atoms with Crippen molar-refractivity contribution in [3.05, 3.63) is 52.4 Å². The molecular weight excluding hydrogens is 352 g/mol. The van der Waals surface area contributed by atoms with Crippen molar-refractivity contribution >= 4 is 49.1 Å². The van der Waals surface area contributed by atoms with Crippen LogP contribution in [-0.4, -0.2) is 17.5 Å². The smallest absolute Gasteiger partial charge is 0.264 e. The molecule has 1 N–H and O–H groups in total. The number of aromatic nitrogens is 1. The van der Waals surface area contributed by atoms with Gasteiger partial charge in [-0.3, -0.25) is 10.1 Å². The normalized spacial score (nSPS) is 10.5. The minimum absolute atomic E-state index is 0.0590. The SMILES string of the molecule is O=C(COc1ccc2ccccc2c1Br)Nc1nccs1. The number of ether oxygens (including phenoxy) is 1.